The molecular weight excluding hydrogens is 244 g/mol. The van der Waals surface area contributed by atoms with Crippen molar-refractivity contribution in [1.82, 2.24) is 10.6 Å². The standard InChI is InChI=1S/C14H18N2O3/c17-14(11-3-5-15-6-4-11)16-8-10-1-2-12-13(7-10)19-9-18-12/h1-2,7,11,15H,3-6,8-9H2,(H,16,17). The van der Waals surface area contributed by atoms with Gasteiger partial charge < -0.3 is 20.1 Å². The zero-order valence-electron chi connectivity index (χ0n) is 10.8. The molecule has 0 bridgehead atoms. The monoisotopic (exact) mass is 262 g/mol. The Bertz CT molecular complexity index is 470. The SMILES string of the molecule is O=C(NCc1ccc2c(c1)OCO2)C1CCNCC1. The molecule has 3 rings (SSSR count). The number of fused-ring (bicyclic) bond motifs is 1. The number of ether oxygens (including phenoxy) is 2. The van der Waals surface area contributed by atoms with Crippen LogP contribution < -0.4 is 20.1 Å². The summed E-state index contributed by atoms with van der Waals surface area (Å²) in [5, 5.41) is 6.26. The summed E-state index contributed by atoms with van der Waals surface area (Å²) in [6, 6.07) is 5.76. The highest BCUT2D eigenvalue weighted by Crippen LogP contribution is 2.32. The van der Waals surface area contributed by atoms with Crippen molar-refractivity contribution in [2.75, 3.05) is 19.9 Å². The van der Waals surface area contributed by atoms with Gasteiger partial charge in [0.1, 0.15) is 0 Å². The van der Waals surface area contributed by atoms with Crippen LogP contribution in [-0.2, 0) is 11.3 Å². The van der Waals surface area contributed by atoms with E-state index in [-0.39, 0.29) is 18.6 Å². The second-order valence-corrected chi connectivity index (χ2v) is 4.93. The van der Waals surface area contributed by atoms with Crippen molar-refractivity contribution in [2.45, 2.75) is 19.4 Å². The highest BCUT2D eigenvalue weighted by molar-refractivity contribution is 5.78. The van der Waals surface area contributed by atoms with Gasteiger partial charge in [-0.15, -0.1) is 0 Å². The average Bonchev–Trinajstić information content (AvgIpc) is 2.93. The molecule has 0 unspecified atom stereocenters. The Morgan fingerprint density at radius 3 is 2.89 bits per heavy atom. The molecule has 1 aromatic carbocycles. The van der Waals surface area contributed by atoms with Crippen molar-refractivity contribution in [1.29, 1.82) is 0 Å². The number of nitrogens with one attached hydrogen (secondary N) is 2. The van der Waals surface area contributed by atoms with Crippen LogP contribution in [0.3, 0.4) is 0 Å². The first kappa shape index (κ1) is 12.3. The lowest BCUT2D eigenvalue weighted by Gasteiger charge is -2.21. The minimum absolute atomic E-state index is 0.148. The number of amides is 1. The third-order valence-corrected chi connectivity index (χ3v) is 3.61. The third-order valence-electron chi connectivity index (χ3n) is 3.61. The Morgan fingerprint density at radius 1 is 1.26 bits per heavy atom. The van der Waals surface area contributed by atoms with Gasteiger partial charge in [0.25, 0.3) is 0 Å². The highest BCUT2D eigenvalue weighted by Gasteiger charge is 2.20. The molecule has 2 N–H and O–H groups in total. The number of piperidine rings is 1. The molecule has 2 aliphatic rings. The number of carbonyl (C=O) groups excluding carboxylic acids is 1. The zero-order chi connectivity index (χ0) is 13.1. The molecule has 19 heavy (non-hydrogen) atoms. The van der Waals surface area contributed by atoms with E-state index in [0.29, 0.717) is 6.54 Å². The van der Waals surface area contributed by atoms with E-state index in [2.05, 4.69) is 10.6 Å². The number of rotatable bonds is 3. The molecule has 102 valence electrons. The van der Waals surface area contributed by atoms with Crippen molar-refractivity contribution >= 4 is 5.91 Å². The largest absolute Gasteiger partial charge is 0.454 e. The van der Waals surface area contributed by atoms with Gasteiger partial charge >= 0.3 is 0 Å². The molecule has 1 fully saturated rings. The summed E-state index contributed by atoms with van der Waals surface area (Å²) in [4.78, 5) is 12.0. The topological polar surface area (TPSA) is 59.6 Å². The molecule has 1 aromatic rings. The van der Waals surface area contributed by atoms with Crippen LogP contribution >= 0.6 is 0 Å². The van der Waals surface area contributed by atoms with Gasteiger partial charge in [0.2, 0.25) is 12.7 Å². The van der Waals surface area contributed by atoms with Crippen LogP contribution in [0.4, 0.5) is 0 Å². The summed E-state index contributed by atoms with van der Waals surface area (Å²) in [7, 11) is 0. The fourth-order valence-corrected chi connectivity index (χ4v) is 2.47. The van der Waals surface area contributed by atoms with Crippen LogP contribution in [0.5, 0.6) is 11.5 Å². The summed E-state index contributed by atoms with van der Waals surface area (Å²) in [6.07, 6.45) is 1.85. The van der Waals surface area contributed by atoms with Crippen molar-refractivity contribution in [3.8, 4) is 11.5 Å². The van der Waals surface area contributed by atoms with Gasteiger partial charge in [0, 0.05) is 12.5 Å². The molecule has 0 aliphatic carbocycles. The first-order valence-electron chi connectivity index (χ1n) is 6.70. The Hall–Kier alpha value is -1.75. The van der Waals surface area contributed by atoms with E-state index in [9.17, 15) is 4.79 Å². The molecule has 0 saturated carbocycles. The van der Waals surface area contributed by atoms with Gasteiger partial charge in [-0.2, -0.15) is 0 Å². The lowest BCUT2D eigenvalue weighted by Crippen LogP contribution is -2.37. The fourth-order valence-electron chi connectivity index (χ4n) is 2.47. The van der Waals surface area contributed by atoms with E-state index < -0.39 is 0 Å². The molecule has 2 heterocycles. The summed E-state index contributed by atoms with van der Waals surface area (Å²) in [5.41, 5.74) is 1.03. The fraction of sp³-hybridized carbons (Fsp3) is 0.500. The van der Waals surface area contributed by atoms with E-state index >= 15 is 0 Å². The molecular formula is C14H18N2O3. The Morgan fingerprint density at radius 2 is 2.05 bits per heavy atom. The van der Waals surface area contributed by atoms with Crippen LogP contribution in [0.25, 0.3) is 0 Å². The van der Waals surface area contributed by atoms with Crippen molar-refractivity contribution in [3.63, 3.8) is 0 Å². The minimum atomic E-state index is 0.148. The summed E-state index contributed by atoms with van der Waals surface area (Å²) in [6.45, 7) is 2.68. The first-order chi connectivity index (χ1) is 9.33. The maximum atomic E-state index is 12.0. The van der Waals surface area contributed by atoms with E-state index in [0.717, 1.165) is 43.0 Å². The molecule has 0 atom stereocenters. The molecule has 2 aliphatic heterocycles. The van der Waals surface area contributed by atoms with Gasteiger partial charge in [-0.3, -0.25) is 4.79 Å². The quantitative estimate of drug-likeness (QED) is 0.854. The molecule has 5 nitrogen and oxygen atoms in total. The van der Waals surface area contributed by atoms with Gasteiger partial charge in [-0.1, -0.05) is 6.07 Å². The first-order valence-corrected chi connectivity index (χ1v) is 6.70. The number of hydrogen-bond donors (Lipinski definition) is 2. The highest BCUT2D eigenvalue weighted by atomic mass is 16.7. The summed E-state index contributed by atoms with van der Waals surface area (Å²) >= 11 is 0. The molecule has 1 amide bonds. The molecule has 0 aromatic heterocycles. The second-order valence-electron chi connectivity index (χ2n) is 4.93. The summed E-state index contributed by atoms with van der Waals surface area (Å²) in [5.74, 6) is 1.83. The third kappa shape index (κ3) is 2.81. The second kappa shape index (κ2) is 5.48. The van der Waals surface area contributed by atoms with E-state index in [1.165, 1.54) is 0 Å². The number of hydrogen-bond acceptors (Lipinski definition) is 4. The maximum Gasteiger partial charge on any atom is 0.231 e. The number of benzene rings is 1. The van der Waals surface area contributed by atoms with Gasteiger partial charge in [-0.25, -0.2) is 0 Å². The van der Waals surface area contributed by atoms with Crippen molar-refractivity contribution in [3.05, 3.63) is 23.8 Å². The minimum Gasteiger partial charge on any atom is -0.454 e. The molecule has 0 spiro atoms. The van der Waals surface area contributed by atoms with Crippen LogP contribution in [0.2, 0.25) is 0 Å². The maximum absolute atomic E-state index is 12.0. The van der Waals surface area contributed by atoms with Crippen LogP contribution in [0.15, 0.2) is 18.2 Å². The van der Waals surface area contributed by atoms with Crippen molar-refractivity contribution in [2.24, 2.45) is 5.92 Å². The predicted molar refractivity (Wildman–Crippen MR) is 70.0 cm³/mol. The lowest BCUT2D eigenvalue weighted by molar-refractivity contribution is -0.125. The van der Waals surface area contributed by atoms with Crippen molar-refractivity contribution < 1.29 is 14.3 Å². The summed E-state index contributed by atoms with van der Waals surface area (Å²) < 4.78 is 10.6. The van der Waals surface area contributed by atoms with E-state index in [4.69, 9.17) is 9.47 Å². The van der Waals surface area contributed by atoms with Gasteiger partial charge in [0.15, 0.2) is 11.5 Å². The average molecular weight is 262 g/mol. The van der Waals surface area contributed by atoms with Gasteiger partial charge in [0.05, 0.1) is 0 Å². The van der Waals surface area contributed by atoms with Crippen LogP contribution in [0, 0.1) is 5.92 Å². The Balaban J connectivity index is 1.55. The van der Waals surface area contributed by atoms with E-state index in [1.807, 2.05) is 18.2 Å². The molecule has 5 heteroatoms. The number of carbonyl (C=O) groups is 1. The van der Waals surface area contributed by atoms with Gasteiger partial charge in [-0.05, 0) is 43.6 Å². The van der Waals surface area contributed by atoms with Crippen LogP contribution in [-0.4, -0.2) is 25.8 Å². The zero-order valence-corrected chi connectivity index (χ0v) is 10.8. The Kier molecular flexibility index (Phi) is 3.55. The smallest absolute Gasteiger partial charge is 0.231 e. The normalized spacial score (nSPS) is 18.3. The predicted octanol–water partition coefficient (Wildman–Crippen LogP) is 1.03. The van der Waals surface area contributed by atoms with E-state index in [1.54, 1.807) is 0 Å². The Labute approximate surface area is 112 Å². The molecule has 0 radical (unpaired) electrons. The van der Waals surface area contributed by atoms with Crippen LogP contribution in [0.1, 0.15) is 18.4 Å². The lowest BCUT2D eigenvalue weighted by atomic mass is 9.97. The molecule has 1 saturated heterocycles.